The monoisotopic (exact) mass is 486 g/mol. The van der Waals surface area contributed by atoms with E-state index in [4.69, 9.17) is 16.0 Å². The van der Waals surface area contributed by atoms with Crippen molar-refractivity contribution in [3.63, 3.8) is 0 Å². The Kier molecular flexibility index (Phi) is 5.61. The Balaban J connectivity index is 1.74. The van der Waals surface area contributed by atoms with Gasteiger partial charge in [-0.2, -0.15) is 0 Å². The highest BCUT2D eigenvalue weighted by Gasteiger charge is 2.44. The number of hydrogen-bond donors (Lipinski definition) is 0. The second-order valence-electron chi connectivity index (χ2n) is 8.67. The highest BCUT2D eigenvalue weighted by atomic mass is 35.5. The molecule has 0 heterocycles. The summed E-state index contributed by atoms with van der Waals surface area (Å²) in [6, 6.07) is 48.7. The Hall–Kier alpha value is -3.85. The Bertz CT molecular complexity index is 1520. The van der Waals surface area contributed by atoms with Crippen LogP contribution in [0.5, 0.6) is 5.75 Å². The second-order valence-corrected chi connectivity index (χ2v) is 12.4. The molecule has 35 heavy (non-hydrogen) atoms. The Morgan fingerprint density at radius 2 is 0.943 bits per heavy atom. The van der Waals surface area contributed by atoms with Crippen LogP contribution < -0.4 is 20.0 Å². The lowest BCUT2D eigenvalue weighted by Gasteiger charge is -2.34. The van der Waals surface area contributed by atoms with Gasteiger partial charge in [0.1, 0.15) is 5.75 Å². The average Bonchev–Trinajstić information content (AvgIpc) is 2.93. The van der Waals surface area contributed by atoms with Crippen LogP contribution in [0, 0.1) is 0 Å². The number of rotatable bonds is 5. The molecule has 0 saturated heterocycles. The van der Waals surface area contributed by atoms with Gasteiger partial charge in [-0.1, -0.05) is 133 Å². The largest absolute Gasteiger partial charge is 0.529 e. The van der Waals surface area contributed by atoms with Crippen molar-refractivity contribution in [2.24, 2.45) is 0 Å². The predicted octanol–water partition coefficient (Wildman–Crippen LogP) is 6.69. The number of halogens is 1. The maximum Gasteiger partial charge on any atom is 0.346 e. The highest BCUT2D eigenvalue weighted by Crippen LogP contribution is 2.37. The van der Waals surface area contributed by atoms with Gasteiger partial charge in [0.2, 0.25) is 0 Å². The first-order valence-electron chi connectivity index (χ1n) is 11.7. The summed E-state index contributed by atoms with van der Waals surface area (Å²) >= 11 is 6.52. The maximum atomic E-state index is 7.52. The van der Waals surface area contributed by atoms with Crippen LogP contribution in [-0.2, 0) is 0 Å². The summed E-state index contributed by atoms with van der Waals surface area (Å²) < 4.78 is 7.52. The first-order chi connectivity index (χ1) is 17.3. The molecule has 0 radical (unpaired) electrons. The summed E-state index contributed by atoms with van der Waals surface area (Å²) in [6.45, 7) is 0. The van der Waals surface area contributed by atoms with Crippen molar-refractivity contribution in [2.45, 2.75) is 0 Å². The van der Waals surface area contributed by atoms with Crippen LogP contribution in [0.3, 0.4) is 0 Å². The van der Waals surface area contributed by atoms with E-state index in [1.54, 1.807) is 0 Å². The second kappa shape index (κ2) is 9.07. The zero-order valence-corrected chi connectivity index (χ0v) is 20.8. The lowest BCUT2D eigenvalue weighted by atomic mass is 10.0. The summed E-state index contributed by atoms with van der Waals surface area (Å²) in [5.41, 5.74) is 0. The third kappa shape index (κ3) is 3.81. The fraction of sp³-hybridized carbons (Fsp3) is 0. The van der Waals surface area contributed by atoms with Crippen LogP contribution in [0.1, 0.15) is 0 Å². The molecule has 0 aliphatic carbocycles. The molecule has 0 unspecified atom stereocenters. The molecule has 0 aliphatic heterocycles. The van der Waals surface area contributed by atoms with Crippen molar-refractivity contribution in [2.75, 3.05) is 0 Å². The summed E-state index contributed by atoms with van der Waals surface area (Å²) in [4.78, 5) is 0. The molecule has 0 saturated carbocycles. The van der Waals surface area contributed by atoms with Crippen LogP contribution in [0.2, 0.25) is 5.02 Å². The Morgan fingerprint density at radius 3 is 1.51 bits per heavy atom. The van der Waals surface area contributed by atoms with Crippen LogP contribution >= 0.6 is 11.6 Å². The van der Waals surface area contributed by atoms with Gasteiger partial charge in [0.15, 0.2) is 0 Å². The molecule has 6 rings (SSSR count). The fourth-order valence-corrected chi connectivity index (χ4v) is 8.99. The van der Waals surface area contributed by atoms with Gasteiger partial charge in [0.05, 0.1) is 0 Å². The molecular formula is C32H23ClOSi. The van der Waals surface area contributed by atoms with E-state index >= 15 is 0 Å². The normalized spacial score (nSPS) is 11.6. The van der Waals surface area contributed by atoms with E-state index in [1.165, 1.54) is 15.6 Å². The molecule has 1 nitrogen and oxygen atoms in total. The quantitative estimate of drug-likeness (QED) is 0.150. The zero-order valence-electron chi connectivity index (χ0n) is 19.1. The van der Waals surface area contributed by atoms with Crippen LogP contribution in [0.4, 0.5) is 0 Å². The minimum atomic E-state index is -2.96. The molecule has 0 spiro atoms. The van der Waals surface area contributed by atoms with Crippen molar-refractivity contribution in [1.82, 2.24) is 0 Å². The highest BCUT2D eigenvalue weighted by molar-refractivity contribution is 7.07. The number of fused-ring (bicyclic) bond motifs is 2. The molecule has 6 aromatic carbocycles. The number of benzene rings is 6. The summed E-state index contributed by atoms with van der Waals surface area (Å²) in [6.07, 6.45) is 0. The Labute approximate surface area is 211 Å². The van der Waals surface area contributed by atoms with Gasteiger partial charge in [0, 0.05) is 15.8 Å². The molecule has 0 aromatic heterocycles. The molecule has 0 N–H and O–H groups in total. The molecule has 0 aliphatic rings. The first-order valence-corrected chi connectivity index (χ1v) is 14.0. The van der Waals surface area contributed by atoms with Gasteiger partial charge in [0.25, 0.3) is 0 Å². The van der Waals surface area contributed by atoms with E-state index in [1.807, 2.05) is 12.1 Å². The summed E-state index contributed by atoms with van der Waals surface area (Å²) in [7, 11) is -2.96. The van der Waals surface area contributed by atoms with E-state index in [2.05, 4.69) is 127 Å². The molecule has 6 aromatic rings. The topological polar surface area (TPSA) is 9.23 Å². The van der Waals surface area contributed by atoms with Gasteiger partial charge in [-0.25, -0.2) is 0 Å². The van der Waals surface area contributed by atoms with Crippen molar-refractivity contribution in [1.29, 1.82) is 0 Å². The lowest BCUT2D eigenvalue weighted by molar-refractivity contribution is 0.590. The van der Waals surface area contributed by atoms with E-state index < -0.39 is 8.32 Å². The minimum absolute atomic E-state index is 0.698. The fourth-order valence-electron chi connectivity index (χ4n) is 4.95. The third-order valence-electron chi connectivity index (χ3n) is 6.57. The molecule has 0 atom stereocenters. The third-order valence-corrected chi connectivity index (χ3v) is 10.8. The number of hydrogen-bond acceptors (Lipinski definition) is 1. The van der Waals surface area contributed by atoms with Gasteiger partial charge < -0.3 is 4.43 Å². The Morgan fingerprint density at radius 1 is 0.457 bits per heavy atom. The van der Waals surface area contributed by atoms with Crippen molar-refractivity contribution in [3.8, 4) is 5.75 Å². The summed E-state index contributed by atoms with van der Waals surface area (Å²) in [5.74, 6) is 0.879. The van der Waals surface area contributed by atoms with Crippen molar-refractivity contribution >= 4 is 57.0 Å². The standard InChI is InChI=1S/C32H23ClOSi/c33-26-21-20-25-22-24-12-10-11-19-30(24)32(31(25)23-26)34-35(27-13-4-1-5-14-27,28-15-6-2-7-16-28)29-17-8-3-9-18-29/h1-23H. The van der Waals surface area contributed by atoms with E-state index in [0.717, 1.165) is 27.3 Å². The SMILES string of the molecule is Clc1ccc2cc3ccccc3c(O[Si](c3ccccc3)(c3ccccc3)c3ccccc3)c2c1. The van der Waals surface area contributed by atoms with Gasteiger partial charge in [-0.05, 0) is 44.5 Å². The maximum absolute atomic E-state index is 7.52. The zero-order chi connectivity index (χ0) is 23.7. The molecule has 0 fully saturated rings. The predicted molar refractivity (Wildman–Crippen MR) is 151 cm³/mol. The van der Waals surface area contributed by atoms with Crippen molar-refractivity contribution < 1.29 is 4.43 Å². The van der Waals surface area contributed by atoms with Gasteiger partial charge in [-0.3, -0.25) is 0 Å². The van der Waals surface area contributed by atoms with Gasteiger partial charge in [-0.15, -0.1) is 0 Å². The smallest absolute Gasteiger partial charge is 0.346 e. The van der Waals surface area contributed by atoms with E-state index in [0.29, 0.717) is 5.02 Å². The molecule has 168 valence electrons. The molecular weight excluding hydrogens is 464 g/mol. The first kappa shape index (κ1) is 21.7. The molecule has 0 bridgehead atoms. The summed E-state index contributed by atoms with van der Waals surface area (Å²) in [5, 5.41) is 8.65. The van der Waals surface area contributed by atoms with Crippen molar-refractivity contribution in [3.05, 3.63) is 145 Å². The van der Waals surface area contributed by atoms with Gasteiger partial charge >= 0.3 is 8.32 Å². The van der Waals surface area contributed by atoms with Crippen LogP contribution in [0.15, 0.2) is 140 Å². The van der Waals surface area contributed by atoms with E-state index in [9.17, 15) is 0 Å². The lowest BCUT2D eigenvalue weighted by Crippen LogP contribution is -2.71. The average molecular weight is 487 g/mol. The minimum Gasteiger partial charge on any atom is -0.529 e. The van der Waals surface area contributed by atoms with Crippen LogP contribution in [0.25, 0.3) is 21.5 Å². The van der Waals surface area contributed by atoms with E-state index in [-0.39, 0.29) is 0 Å². The molecule has 0 amide bonds. The molecule has 3 heteroatoms. The van der Waals surface area contributed by atoms with Crippen LogP contribution in [-0.4, -0.2) is 8.32 Å².